The number of sulfonamides is 1. The van der Waals surface area contributed by atoms with Gasteiger partial charge in [0.25, 0.3) is 0 Å². The molecule has 8 nitrogen and oxygen atoms in total. The number of carbonyl (C=O) groups is 2. The second-order valence-corrected chi connectivity index (χ2v) is 9.13. The molecule has 0 saturated carbocycles. The summed E-state index contributed by atoms with van der Waals surface area (Å²) < 4.78 is 32.2. The number of carbonyl (C=O) groups excluding carboxylic acids is 1. The maximum absolute atomic E-state index is 12.9. The van der Waals surface area contributed by atoms with Crippen LogP contribution in [0, 0.1) is 12.8 Å². The summed E-state index contributed by atoms with van der Waals surface area (Å²) in [5.41, 5.74) is -0.461. The molecule has 0 bridgehead atoms. The van der Waals surface area contributed by atoms with Gasteiger partial charge in [0.15, 0.2) is 5.54 Å². The van der Waals surface area contributed by atoms with Gasteiger partial charge in [-0.1, -0.05) is 17.7 Å². The maximum atomic E-state index is 12.9. The van der Waals surface area contributed by atoms with Crippen LogP contribution in [-0.4, -0.2) is 61.5 Å². The quantitative estimate of drug-likeness (QED) is 0.760. The number of aryl methyl sites for hydroxylation is 1. The average molecular weight is 396 g/mol. The lowest BCUT2D eigenvalue weighted by molar-refractivity contribution is -0.148. The highest BCUT2D eigenvalue weighted by molar-refractivity contribution is 7.89. The van der Waals surface area contributed by atoms with Crippen LogP contribution in [0.2, 0.25) is 0 Å². The number of nitrogens with zero attached hydrogens (tertiary/aromatic N) is 1. The molecule has 2 heterocycles. The molecule has 2 N–H and O–H groups in total. The fraction of sp³-hybridized carbons (Fsp3) is 0.556. The lowest BCUT2D eigenvalue weighted by atomic mass is 9.94. The minimum Gasteiger partial charge on any atom is -0.479 e. The Balaban J connectivity index is 1.73. The zero-order valence-electron chi connectivity index (χ0n) is 15.2. The molecule has 3 rings (SSSR count). The van der Waals surface area contributed by atoms with Crippen LogP contribution >= 0.6 is 0 Å². The molecule has 0 spiro atoms. The second kappa shape index (κ2) is 7.57. The third-order valence-electron chi connectivity index (χ3n) is 5.21. The van der Waals surface area contributed by atoms with Crippen molar-refractivity contribution in [2.75, 3.05) is 26.3 Å². The van der Waals surface area contributed by atoms with Gasteiger partial charge in [-0.3, -0.25) is 4.79 Å². The molecule has 1 aromatic rings. The highest BCUT2D eigenvalue weighted by atomic mass is 32.2. The largest absolute Gasteiger partial charge is 0.479 e. The number of nitrogens with one attached hydrogen (secondary N) is 1. The number of benzene rings is 1. The number of hydrogen-bond acceptors (Lipinski definition) is 5. The Morgan fingerprint density at radius 3 is 2.59 bits per heavy atom. The Kier molecular flexibility index (Phi) is 5.55. The fourth-order valence-corrected chi connectivity index (χ4v) is 4.98. The fourth-order valence-electron chi connectivity index (χ4n) is 3.46. The second-order valence-electron chi connectivity index (χ2n) is 7.19. The molecule has 9 heteroatoms. The van der Waals surface area contributed by atoms with Gasteiger partial charge in [0.05, 0.1) is 17.4 Å². The molecule has 1 amide bonds. The average Bonchev–Trinajstić information content (AvgIpc) is 3.12. The number of carboxylic acids is 1. The number of amides is 1. The van der Waals surface area contributed by atoms with Gasteiger partial charge < -0.3 is 15.2 Å². The van der Waals surface area contributed by atoms with Gasteiger partial charge in [-0.25, -0.2) is 13.2 Å². The van der Waals surface area contributed by atoms with Gasteiger partial charge in [-0.05, 0) is 31.9 Å². The zero-order valence-corrected chi connectivity index (χ0v) is 16.0. The molecule has 2 fully saturated rings. The molecule has 0 aliphatic carbocycles. The first kappa shape index (κ1) is 19.8. The normalized spacial score (nSPS) is 26.6. The van der Waals surface area contributed by atoms with Crippen molar-refractivity contribution in [3.63, 3.8) is 0 Å². The smallest absolute Gasteiger partial charge is 0.331 e. The van der Waals surface area contributed by atoms with E-state index >= 15 is 0 Å². The lowest BCUT2D eigenvalue weighted by Gasteiger charge is -2.33. The summed E-state index contributed by atoms with van der Waals surface area (Å²) in [7, 11) is -3.69. The Labute approximate surface area is 158 Å². The van der Waals surface area contributed by atoms with E-state index in [9.17, 15) is 23.1 Å². The molecule has 27 heavy (non-hydrogen) atoms. The number of hydrogen-bond donors (Lipinski definition) is 2. The first-order valence-electron chi connectivity index (χ1n) is 8.95. The Morgan fingerprint density at radius 1 is 1.30 bits per heavy atom. The van der Waals surface area contributed by atoms with E-state index in [0.717, 1.165) is 5.56 Å². The van der Waals surface area contributed by atoms with E-state index in [2.05, 4.69) is 5.32 Å². The molecule has 2 saturated heterocycles. The highest BCUT2D eigenvalue weighted by Crippen LogP contribution is 2.26. The number of rotatable bonds is 5. The molecular weight excluding hydrogens is 372 g/mol. The molecule has 1 aromatic carbocycles. The Hall–Kier alpha value is -1.97. The third-order valence-corrected chi connectivity index (χ3v) is 7.09. The van der Waals surface area contributed by atoms with E-state index in [0.29, 0.717) is 19.4 Å². The summed E-state index contributed by atoms with van der Waals surface area (Å²) in [6, 6.07) is 6.59. The standard InChI is InChI=1S/C18H24N2O6S/c1-13-4-6-15(7-5-13)27(24,25)20-9-2-3-14(11-20)16(21)19-18(17(22)23)8-10-26-12-18/h4-7,14H,2-3,8-12H2,1H3,(H,19,21)(H,22,23). The van der Waals surface area contributed by atoms with Gasteiger partial charge in [-0.15, -0.1) is 0 Å². The van der Waals surface area contributed by atoms with E-state index in [1.165, 1.54) is 4.31 Å². The molecule has 2 unspecified atom stereocenters. The topological polar surface area (TPSA) is 113 Å². The molecular formula is C18H24N2O6S. The van der Waals surface area contributed by atoms with Crippen molar-refractivity contribution in [3.05, 3.63) is 29.8 Å². The van der Waals surface area contributed by atoms with E-state index in [-0.39, 0.29) is 31.1 Å². The number of piperidine rings is 1. The number of aliphatic carboxylic acids is 1. The lowest BCUT2D eigenvalue weighted by Crippen LogP contribution is -2.58. The summed E-state index contributed by atoms with van der Waals surface area (Å²) >= 11 is 0. The first-order valence-corrected chi connectivity index (χ1v) is 10.4. The molecule has 148 valence electrons. The monoisotopic (exact) mass is 396 g/mol. The van der Waals surface area contributed by atoms with Crippen LogP contribution in [0.3, 0.4) is 0 Å². The van der Waals surface area contributed by atoms with Crippen LogP contribution in [0.25, 0.3) is 0 Å². The molecule has 2 atom stereocenters. The van der Waals surface area contributed by atoms with E-state index in [1.807, 2.05) is 6.92 Å². The summed E-state index contributed by atoms with van der Waals surface area (Å²) in [6.45, 7) is 2.45. The number of ether oxygens (including phenoxy) is 1. The highest BCUT2D eigenvalue weighted by Gasteiger charge is 2.45. The van der Waals surface area contributed by atoms with E-state index < -0.39 is 33.4 Å². The summed E-state index contributed by atoms with van der Waals surface area (Å²) in [5.74, 6) is -2.16. The SMILES string of the molecule is Cc1ccc(S(=O)(=O)N2CCCC(C(=O)NC3(C(=O)O)CCOC3)C2)cc1. The first-order chi connectivity index (χ1) is 12.7. The Bertz CT molecular complexity index is 815. The van der Waals surface area contributed by atoms with Crippen molar-refractivity contribution in [3.8, 4) is 0 Å². The van der Waals surface area contributed by atoms with Gasteiger partial charge >= 0.3 is 5.97 Å². The molecule has 0 aromatic heterocycles. The molecule has 2 aliphatic heterocycles. The molecule has 0 radical (unpaired) electrons. The van der Waals surface area contributed by atoms with Crippen LogP contribution in [0.1, 0.15) is 24.8 Å². The molecule has 2 aliphatic rings. The summed E-state index contributed by atoms with van der Waals surface area (Å²) in [6.07, 6.45) is 1.26. The van der Waals surface area contributed by atoms with Crippen molar-refractivity contribution in [1.29, 1.82) is 0 Å². The van der Waals surface area contributed by atoms with Crippen molar-refractivity contribution < 1.29 is 27.9 Å². The zero-order chi connectivity index (χ0) is 19.7. The van der Waals surface area contributed by atoms with E-state index in [1.54, 1.807) is 24.3 Å². The van der Waals surface area contributed by atoms with Gasteiger partial charge in [0.1, 0.15) is 0 Å². The van der Waals surface area contributed by atoms with Crippen molar-refractivity contribution in [1.82, 2.24) is 9.62 Å². The van der Waals surface area contributed by atoms with Gasteiger partial charge in [0.2, 0.25) is 15.9 Å². The maximum Gasteiger partial charge on any atom is 0.331 e. The van der Waals surface area contributed by atoms with Crippen LogP contribution in [0.15, 0.2) is 29.2 Å². The van der Waals surface area contributed by atoms with Crippen molar-refractivity contribution >= 4 is 21.9 Å². The van der Waals surface area contributed by atoms with Crippen LogP contribution in [-0.2, 0) is 24.3 Å². The van der Waals surface area contributed by atoms with Crippen molar-refractivity contribution in [2.45, 2.75) is 36.6 Å². The van der Waals surface area contributed by atoms with Crippen molar-refractivity contribution in [2.24, 2.45) is 5.92 Å². The predicted octanol–water partition coefficient (Wildman–Crippen LogP) is 0.756. The minimum absolute atomic E-state index is 0.0403. The van der Waals surface area contributed by atoms with Crippen LogP contribution in [0.4, 0.5) is 0 Å². The van der Waals surface area contributed by atoms with Gasteiger partial charge in [-0.2, -0.15) is 4.31 Å². The van der Waals surface area contributed by atoms with Crippen LogP contribution in [0.5, 0.6) is 0 Å². The van der Waals surface area contributed by atoms with E-state index in [4.69, 9.17) is 4.74 Å². The van der Waals surface area contributed by atoms with Gasteiger partial charge in [0, 0.05) is 26.1 Å². The summed E-state index contributed by atoms with van der Waals surface area (Å²) in [4.78, 5) is 24.4. The summed E-state index contributed by atoms with van der Waals surface area (Å²) in [5, 5.41) is 12.1. The predicted molar refractivity (Wildman–Crippen MR) is 96.6 cm³/mol. The Morgan fingerprint density at radius 2 is 2.00 bits per heavy atom. The number of carboxylic acid groups (broad SMARTS) is 1. The van der Waals surface area contributed by atoms with Crippen LogP contribution < -0.4 is 5.32 Å². The third kappa shape index (κ3) is 3.99. The minimum atomic E-state index is -3.69.